The van der Waals surface area contributed by atoms with Crippen molar-refractivity contribution in [3.05, 3.63) is 34.6 Å². The number of Topliss-reactive ketones (excluding diaryl/α,β-unsaturated/α-hetero) is 1. The second-order valence-corrected chi connectivity index (χ2v) is 2.51. The van der Waals surface area contributed by atoms with Gasteiger partial charge in [0.15, 0.2) is 0 Å². The van der Waals surface area contributed by atoms with Gasteiger partial charge >= 0.3 is 0 Å². The van der Waals surface area contributed by atoms with E-state index in [1.807, 2.05) is 5.92 Å². The van der Waals surface area contributed by atoms with Crippen LogP contribution >= 0.6 is 11.6 Å². The molecule has 0 N–H and O–H groups in total. The summed E-state index contributed by atoms with van der Waals surface area (Å²) >= 11 is 5.39. The molecule has 0 aliphatic rings. The van der Waals surface area contributed by atoms with Gasteiger partial charge in [-0.3, -0.25) is 4.79 Å². The van der Waals surface area contributed by atoms with Crippen LogP contribution in [-0.4, -0.2) is 5.78 Å². The lowest BCUT2D eigenvalue weighted by Gasteiger charge is -1.95. The topological polar surface area (TPSA) is 17.1 Å². The molecule has 0 unspecified atom stereocenters. The van der Waals surface area contributed by atoms with Crippen LogP contribution in [0.5, 0.6) is 0 Å². The maximum Gasteiger partial charge on any atom is 0.235 e. The first kappa shape index (κ1) is 8.76. The van der Waals surface area contributed by atoms with Crippen molar-refractivity contribution in [2.45, 2.75) is 0 Å². The van der Waals surface area contributed by atoms with Crippen LogP contribution in [-0.2, 0) is 0 Å². The lowest BCUT2D eigenvalue weighted by Crippen LogP contribution is -1.94. The van der Waals surface area contributed by atoms with Crippen molar-refractivity contribution in [2.24, 2.45) is 0 Å². The quantitative estimate of drug-likeness (QED) is 0.370. The molecule has 0 fully saturated rings. The van der Waals surface area contributed by atoms with Crippen molar-refractivity contribution in [3.8, 4) is 12.3 Å². The van der Waals surface area contributed by atoms with Crippen molar-refractivity contribution >= 4 is 17.4 Å². The number of hydrogen-bond donors (Lipinski definition) is 0. The number of benzene rings is 1. The predicted molar refractivity (Wildman–Crippen MR) is 44.6 cm³/mol. The van der Waals surface area contributed by atoms with Gasteiger partial charge in [0.2, 0.25) is 5.78 Å². The van der Waals surface area contributed by atoms with Crippen LogP contribution in [0.3, 0.4) is 0 Å². The minimum atomic E-state index is -0.641. The molecule has 0 spiro atoms. The zero-order chi connectivity index (χ0) is 9.14. The van der Waals surface area contributed by atoms with Crippen molar-refractivity contribution in [3.63, 3.8) is 0 Å². The smallest absolute Gasteiger partial charge is 0.235 e. The van der Waals surface area contributed by atoms with Gasteiger partial charge < -0.3 is 0 Å². The third-order valence-corrected chi connectivity index (χ3v) is 1.62. The van der Waals surface area contributed by atoms with Crippen LogP contribution in [0.4, 0.5) is 4.39 Å². The molecular weight excluding hydrogens is 179 g/mol. The summed E-state index contributed by atoms with van der Waals surface area (Å²) in [6, 6.07) is 3.69. The summed E-state index contributed by atoms with van der Waals surface area (Å²) in [4.78, 5) is 10.8. The van der Waals surface area contributed by atoms with E-state index in [9.17, 15) is 9.18 Å². The fourth-order valence-electron chi connectivity index (χ4n) is 0.721. The monoisotopic (exact) mass is 182 g/mol. The minimum Gasteiger partial charge on any atom is -0.279 e. The van der Waals surface area contributed by atoms with Crippen LogP contribution in [0.1, 0.15) is 10.4 Å². The van der Waals surface area contributed by atoms with E-state index in [4.69, 9.17) is 18.0 Å². The molecule has 1 aromatic rings. The highest BCUT2D eigenvalue weighted by Crippen LogP contribution is 2.15. The largest absolute Gasteiger partial charge is 0.279 e. The van der Waals surface area contributed by atoms with Gasteiger partial charge in [-0.1, -0.05) is 11.6 Å². The summed E-state index contributed by atoms with van der Waals surface area (Å²) in [5.41, 5.74) is 0.138. The molecule has 0 bridgehead atoms. The Kier molecular flexibility index (Phi) is 2.47. The van der Waals surface area contributed by atoms with Gasteiger partial charge in [0.1, 0.15) is 5.82 Å². The zero-order valence-corrected chi connectivity index (χ0v) is 6.73. The standard InChI is InChI=1S/C9H4ClFO/c1-2-9(12)6-3-4-7(10)8(11)5-6/h1,3-5H. The number of rotatable bonds is 1. The number of terminal acetylenes is 1. The first-order chi connectivity index (χ1) is 5.65. The van der Waals surface area contributed by atoms with Gasteiger partial charge in [-0.05, 0) is 24.1 Å². The van der Waals surface area contributed by atoms with Crippen molar-refractivity contribution in [1.29, 1.82) is 0 Å². The SMILES string of the molecule is C#CC(=O)c1ccc(Cl)c(F)c1. The van der Waals surface area contributed by atoms with Gasteiger partial charge in [0, 0.05) is 5.56 Å². The van der Waals surface area contributed by atoms with Gasteiger partial charge in [-0.25, -0.2) is 4.39 Å². The lowest BCUT2D eigenvalue weighted by atomic mass is 10.1. The molecule has 1 nitrogen and oxygen atoms in total. The Morgan fingerprint density at radius 2 is 2.25 bits per heavy atom. The Morgan fingerprint density at radius 3 is 2.75 bits per heavy atom. The van der Waals surface area contributed by atoms with Crippen LogP contribution in [0.2, 0.25) is 5.02 Å². The molecule has 1 aromatic carbocycles. The fraction of sp³-hybridized carbons (Fsp3) is 0. The van der Waals surface area contributed by atoms with Crippen LogP contribution in [0.25, 0.3) is 0 Å². The summed E-state index contributed by atoms with van der Waals surface area (Å²) < 4.78 is 12.7. The van der Waals surface area contributed by atoms with Crippen LogP contribution < -0.4 is 0 Å². The molecule has 0 saturated heterocycles. The number of halogens is 2. The second kappa shape index (κ2) is 3.38. The summed E-state index contributed by atoms with van der Waals surface area (Å²) in [5.74, 6) is 0.688. The molecule has 0 saturated carbocycles. The Hall–Kier alpha value is -1.33. The number of carbonyl (C=O) groups excluding carboxylic acids is 1. The van der Waals surface area contributed by atoms with E-state index in [0.717, 1.165) is 6.07 Å². The molecule has 0 amide bonds. The molecule has 12 heavy (non-hydrogen) atoms. The summed E-state index contributed by atoms with van der Waals surface area (Å²) in [6.07, 6.45) is 4.84. The number of hydrogen-bond acceptors (Lipinski definition) is 1. The van der Waals surface area contributed by atoms with Crippen LogP contribution in [0.15, 0.2) is 18.2 Å². The molecule has 0 aromatic heterocycles. The third-order valence-electron chi connectivity index (χ3n) is 1.31. The fourth-order valence-corrected chi connectivity index (χ4v) is 0.838. The highest BCUT2D eigenvalue weighted by molar-refractivity contribution is 6.30. The van der Waals surface area contributed by atoms with E-state index >= 15 is 0 Å². The normalized spacial score (nSPS) is 9.08. The van der Waals surface area contributed by atoms with Gasteiger partial charge in [-0.2, -0.15) is 0 Å². The van der Waals surface area contributed by atoms with E-state index in [1.165, 1.54) is 12.1 Å². The molecule has 0 heterocycles. The Morgan fingerprint density at radius 1 is 1.58 bits per heavy atom. The second-order valence-electron chi connectivity index (χ2n) is 2.10. The first-order valence-corrected chi connectivity index (χ1v) is 3.49. The maximum absolute atomic E-state index is 12.7. The molecule has 0 aliphatic heterocycles. The summed E-state index contributed by atoms with van der Waals surface area (Å²) in [7, 11) is 0. The molecule has 60 valence electrons. The third kappa shape index (κ3) is 1.63. The highest BCUT2D eigenvalue weighted by atomic mass is 35.5. The molecular formula is C9H4ClFO. The number of ketones is 1. The van der Waals surface area contributed by atoms with Gasteiger partial charge in [0.05, 0.1) is 5.02 Å². The molecule has 1 rings (SSSR count). The zero-order valence-electron chi connectivity index (χ0n) is 5.97. The molecule has 0 atom stereocenters. The van der Waals surface area contributed by atoms with Crippen molar-refractivity contribution < 1.29 is 9.18 Å². The van der Waals surface area contributed by atoms with E-state index in [1.54, 1.807) is 0 Å². The molecule has 3 heteroatoms. The van der Waals surface area contributed by atoms with E-state index in [-0.39, 0.29) is 10.6 Å². The predicted octanol–water partition coefficient (Wildman–Crippen LogP) is 2.29. The van der Waals surface area contributed by atoms with Crippen molar-refractivity contribution in [1.82, 2.24) is 0 Å². The first-order valence-electron chi connectivity index (χ1n) is 3.11. The van der Waals surface area contributed by atoms with E-state index in [0.29, 0.717) is 0 Å². The molecule has 0 aliphatic carbocycles. The summed E-state index contributed by atoms with van der Waals surface area (Å²) in [6.45, 7) is 0. The summed E-state index contributed by atoms with van der Waals surface area (Å²) in [5, 5.41) is -0.0245. The molecule has 0 radical (unpaired) electrons. The lowest BCUT2D eigenvalue weighted by molar-refractivity contribution is 0.105. The maximum atomic E-state index is 12.7. The average molecular weight is 183 g/mol. The van der Waals surface area contributed by atoms with E-state index in [2.05, 4.69) is 0 Å². The van der Waals surface area contributed by atoms with Gasteiger partial charge in [-0.15, -0.1) is 6.42 Å². The number of carbonyl (C=O) groups is 1. The Labute approximate surface area is 74.2 Å². The van der Waals surface area contributed by atoms with E-state index < -0.39 is 11.6 Å². The van der Waals surface area contributed by atoms with Crippen molar-refractivity contribution in [2.75, 3.05) is 0 Å². The Bertz CT molecular complexity index is 365. The highest BCUT2D eigenvalue weighted by Gasteiger charge is 2.05. The Balaban J connectivity index is 3.15. The average Bonchev–Trinajstić information content (AvgIpc) is 2.08. The van der Waals surface area contributed by atoms with Gasteiger partial charge in [0.25, 0.3) is 0 Å². The minimum absolute atomic E-state index is 0.0245. The van der Waals surface area contributed by atoms with Crippen LogP contribution in [0, 0.1) is 18.2 Å².